The van der Waals surface area contributed by atoms with Crippen LogP contribution in [0, 0.1) is 17.5 Å². The zero-order chi connectivity index (χ0) is 14.0. The predicted octanol–water partition coefficient (Wildman–Crippen LogP) is 4.05. The van der Waals surface area contributed by atoms with Crippen molar-refractivity contribution in [3.63, 3.8) is 0 Å². The lowest BCUT2D eigenvalue weighted by atomic mass is 10.00. The van der Waals surface area contributed by atoms with Gasteiger partial charge in [0.05, 0.1) is 0 Å². The van der Waals surface area contributed by atoms with Crippen LogP contribution in [0.3, 0.4) is 0 Å². The predicted molar refractivity (Wildman–Crippen MR) is 69.2 cm³/mol. The fraction of sp³-hybridized carbons (Fsp3) is 0.200. The Bertz CT molecular complexity index is 573. The molecule has 0 radical (unpaired) electrons. The Morgan fingerprint density at radius 3 is 2.16 bits per heavy atom. The van der Waals surface area contributed by atoms with E-state index in [0.29, 0.717) is 11.1 Å². The molecular formula is C15H14F3N. The van der Waals surface area contributed by atoms with Crippen molar-refractivity contribution >= 4 is 0 Å². The van der Waals surface area contributed by atoms with Gasteiger partial charge in [0, 0.05) is 6.04 Å². The van der Waals surface area contributed by atoms with Crippen molar-refractivity contribution in [3.8, 4) is 11.1 Å². The lowest BCUT2D eigenvalue weighted by Crippen LogP contribution is -2.12. The van der Waals surface area contributed by atoms with Gasteiger partial charge in [-0.2, -0.15) is 0 Å². The minimum absolute atomic E-state index is 0.120. The number of halogens is 3. The lowest BCUT2D eigenvalue weighted by molar-refractivity contribution is 0.447. The number of hydrogen-bond donors (Lipinski definition) is 1. The second-order valence-corrected chi connectivity index (χ2v) is 4.39. The number of hydrogen-bond acceptors (Lipinski definition) is 1. The average Bonchev–Trinajstić information content (AvgIpc) is 2.43. The Balaban J connectivity index is 2.47. The summed E-state index contributed by atoms with van der Waals surface area (Å²) in [6.07, 6.45) is 0. The van der Waals surface area contributed by atoms with E-state index in [4.69, 9.17) is 0 Å². The van der Waals surface area contributed by atoms with Crippen LogP contribution in [0.2, 0.25) is 0 Å². The molecule has 1 unspecified atom stereocenters. The highest BCUT2D eigenvalue weighted by Crippen LogP contribution is 2.26. The second-order valence-electron chi connectivity index (χ2n) is 4.39. The Morgan fingerprint density at radius 1 is 0.947 bits per heavy atom. The van der Waals surface area contributed by atoms with Crippen molar-refractivity contribution in [1.82, 2.24) is 5.32 Å². The maximum Gasteiger partial charge on any atom is 0.194 e. The van der Waals surface area contributed by atoms with E-state index in [2.05, 4.69) is 5.32 Å². The molecule has 0 heterocycles. The van der Waals surface area contributed by atoms with Crippen LogP contribution in [0.15, 0.2) is 36.4 Å². The first-order valence-corrected chi connectivity index (χ1v) is 5.95. The highest BCUT2D eigenvalue weighted by Gasteiger charge is 2.12. The number of benzene rings is 2. The van der Waals surface area contributed by atoms with Crippen LogP contribution < -0.4 is 5.32 Å². The first-order chi connectivity index (χ1) is 9.02. The van der Waals surface area contributed by atoms with Crippen molar-refractivity contribution in [2.45, 2.75) is 13.0 Å². The summed E-state index contributed by atoms with van der Waals surface area (Å²) in [7, 11) is 1.83. The van der Waals surface area contributed by atoms with E-state index >= 15 is 0 Å². The van der Waals surface area contributed by atoms with Gasteiger partial charge in [-0.1, -0.05) is 18.2 Å². The normalized spacial score (nSPS) is 12.5. The molecule has 0 aliphatic carbocycles. The molecule has 19 heavy (non-hydrogen) atoms. The summed E-state index contributed by atoms with van der Waals surface area (Å²) in [5.41, 5.74) is 1.96. The van der Waals surface area contributed by atoms with Crippen LogP contribution >= 0.6 is 0 Å². The molecule has 0 saturated carbocycles. The van der Waals surface area contributed by atoms with Crippen LogP contribution in [-0.4, -0.2) is 7.05 Å². The molecule has 1 N–H and O–H groups in total. The van der Waals surface area contributed by atoms with Crippen LogP contribution in [0.25, 0.3) is 11.1 Å². The third-order valence-corrected chi connectivity index (χ3v) is 3.14. The fourth-order valence-electron chi connectivity index (χ4n) is 1.88. The van der Waals surface area contributed by atoms with E-state index in [-0.39, 0.29) is 6.04 Å². The molecule has 0 fully saturated rings. The third kappa shape index (κ3) is 2.79. The minimum atomic E-state index is -1.44. The fourth-order valence-corrected chi connectivity index (χ4v) is 1.88. The van der Waals surface area contributed by atoms with Gasteiger partial charge in [0.15, 0.2) is 17.5 Å². The van der Waals surface area contributed by atoms with Crippen LogP contribution in [-0.2, 0) is 0 Å². The van der Waals surface area contributed by atoms with Gasteiger partial charge in [-0.3, -0.25) is 0 Å². The first-order valence-electron chi connectivity index (χ1n) is 5.95. The summed E-state index contributed by atoms with van der Waals surface area (Å²) in [6.45, 7) is 1.98. The van der Waals surface area contributed by atoms with Crippen LogP contribution in [0.4, 0.5) is 13.2 Å². The van der Waals surface area contributed by atoms with Gasteiger partial charge in [-0.25, -0.2) is 13.2 Å². The number of rotatable bonds is 3. The summed E-state index contributed by atoms with van der Waals surface area (Å²) < 4.78 is 39.4. The Hall–Kier alpha value is -1.81. The topological polar surface area (TPSA) is 12.0 Å². The summed E-state index contributed by atoms with van der Waals surface area (Å²) in [5, 5.41) is 3.08. The van der Waals surface area contributed by atoms with Crippen molar-refractivity contribution in [2.24, 2.45) is 0 Å². The zero-order valence-corrected chi connectivity index (χ0v) is 10.7. The first kappa shape index (κ1) is 13.6. The van der Waals surface area contributed by atoms with Gasteiger partial charge < -0.3 is 5.32 Å². The third-order valence-electron chi connectivity index (χ3n) is 3.14. The quantitative estimate of drug-likeness (QED) is 0.825. The summed E-state index contributed by atoms with van der Waals surface area (Å²) in [5.74, 6) is -3.80. The van der Waals surface area contributed by atoms with E-state index in [0.717, 1.165) is 17.7 Å². The Labute approximate surface area is 110 Å². The zero-order valence-electron chi connectivity index (χ0n) is 10.7. The molecule has 0 spiro atoms. The summed E-state index contributed by atoms with van der Waals surface area (Å²) in [6, 6.07) is 9.41. The molecule has 2 aromatic rings. The minimum Gasteiger partial charge on any atom is -0.313 e. The maximum atomic E-state index is 13.2. The maximum absolute atomic E-state index is 13.2. The molecule has 0 bridgehead atoms. The number of nitrogens with one attached hydrogen (secondary N) is 1. The van der Waals surface area contributed by atoms with Crippen LogP contribution in [0.5, 0.6) is 0 Å². The monoisotopic (exact) mass is 265 g/mol. The molecule has 0 saturated heterocycles. The highest BCUT2D eigenvalue weighted by atomic mass is 19.2. The van der Waals surface area contributed by atoms with Crippen LogP contribution in [0.1, 0.15) is 18.5 Å². The van der Waals surface area contributed by atoms with Gasteiger partial charge in [-0.05, 0) is 48.9 Å². The summed E-state index contributed by atoms with van der Waals surface area (Å²) >= 11 is 0. The second kappa shape index (κ2) is 5.45. The Morgan fingerprint density at radius 2 is 1.58 bits per heavy atom. The van der Waals surface area contributed by atoms with Gasteiger partial charge in [-0.15, -0.1) is 0 Å². The van der Waals surface area contributed by atoms with Crippen molar-refractivity contribution in [1.29, 1.82) is 0 Å². The molecule has 0 aliphatic heterocycles. The molecule has 0 aromatic heterocycles. The van der Waals surface area contributed by atoms with Gasteiger partial charge >= 0.3 is 0 Å². The molecule has 1 nitrogen and oxygen atoms in total. The summed E-state index contributed by atoms with van der Waals surface area (Å²) in [4.78, 5) is 0. The van der Waals surface area contributed by atoms with E-state index in [1.807, 2.05) is 26.1 Å². The highest BCUT2D eigenvalue weighted by molar-refractivity contribution is 5.64. The Kier molecular flexibility index (Phi) is 3.90. The molecule has 2 aromatic carbocycles. The molecule has 1 atom stereocenters. The van der Waals surface area contributed by atoms with Gasteiger partial charge in [0.2, 0.25) is 0 Å². The van der Waals surface area contributed by atoms with Gasteiger partial charge in [0.25, 0.3) is 0 Å². The molecule has 0 aliphatic rings. The van der Waals surface area contributed by atoms with E-state index in [9.17, 15) is 13.2 Å². The molecule has 0 amide bonds. The largest absolute Gasteiger partial charge is 0.313 e. The lowest BCUT2D eigenvalue weighted by Gasteiger charge is -2.12. The molecule has 4 heteroatoms. The van der Waals surface area contributed by atoms with Crippen molar-refractivity contribution in [3.05, 3.63) is 59.4 Å². The smallest absolute Gasteiger partial charge is 0.194 e. The van der Waals surface area contributed by atoms with Gasteiger partial charge in [0.1, 0.15) is 0 Å². The average molecular weight is 265 g/mol. The van der Waals surface area contributed by atoms with E-state index in [1.54, 1.807) is 12.1 Å². The molecule has 2 rings (SSSR count). The molecule has 100 valence electrons. The van der Waals surface area contributed by atoms with E-state index < -0.39 is 17.5 Å². The van der Waals surface area contributed by atoms with E-state index in [1.165, 1.54) is 0 Å². The van der Waals surface area contributed by atoms with Crippen molar-refractivity contribution < 1.29 is 13.2 Å². The SMILES string of the molecule is CNC(C)c1cccc(-c2cc(F)c(F)c(F)c2)c1. The standard InChI is InChI=1S/C15H14F3N/c1-9(19-2)10-4-3-5-11(6-10)12-7-13(16)15(18)14(17)8-12/h3-9,19H,1-2H3. The van der Waals surface area contributed by atoms with Crippen molar-refractivity contribution in [2.75, 3.05) is 7.05 Å². The molecular weight excluding hydrogens is 251 g/mol.